The van der Waals surface area contributed by atoms with Crippen LogP contribution in [0.1, 0.15) is 16.1 Å². The minimum Gasteiger partial charge on any atom is -0.478 e. The molecule has 2 aromatic rings. The molecule has 0 radical (unpaired) electrons. The Labute approximate surface area is 98.0 Å². The van der Waals surface area contributed by atoms with E-state index in [2.05, 4.69) is 10.2 Å². The summed E-state index contributed by atoms with van der Waals surface area (Å²) in [6.45, 7) is 0. The fourth-order valence-corrected chi connectivity index (χ4v) is 1.49. The van der Waals surface area contributed by atoms with Crippen LogP contribution in [0.3, 0.4) is 0 Å². The van der Waals surface area contributed by atoms with Crippen molar-refractivity contribution in [2.75, 3.05) is 0 Å². The number of carboxylic acid groups (broad SMARTS) is 1. The first-order valence-electron chi connectivity index (χ1n) is 4.69. The molecule has 96 valence electrons. The third-order valence-corrected chi connectivity index (χ3v) is 2.30. The molecule has 0 amide bonds. The molecule has 0 aliphatic carbocycles. The molecule has 0 spiro atoms. The molecule has 6 nitrogen and oxygen atoms in total. The SMILES string of the molecule is Cn1ncc(C(=O)O)c1-c1cc(C(F)(F)F)[nH]n1. The zero-order chi connectivity index (χ0) is 13.5. The first-order valence-corrected chi connectivity index (χ1v) is 4.69. The largest absolute Gasteiger partial charge is 0.478 e. The van der Waals surface area contributed by atoms with Gasteiger partial charge in [-0.1, -0.05) is 0 Å². The van der Waals surface area contributed by atoms with Gasteiger partial charge in [0.1, 0.15) is 22.6 Å². The molecule has 0 aliphatic heterocycles. The van der Waals surface area contributed by atoms with Crippen molar-refractivity contribution in [3.05, 3.63) is 23.5 Å². The van der Waals surface area contributed by atoms with Crippen LogP contribution in [-0.4, -0.2) is 31.1 Å². The Balaban J connectivity index is 2.53. The van der Waals surface area contributed by atoms with Gasteiger partial charge in [0.25, 0.3) is 0 Å². The molecule has 2 rings (SSSR count). The first-order chi connectivity index (χ1) is 8.30. The van der Waals surface area contributed by atoms with Crippen LogP contribution in [0.5, 0.6) is 0 Å². The summed E-state index contributed by atoms with van der Waals surface area (Å²) in [5, 5.41) is 17.9. The van der Waals surface area contributed by atoms with Gasteiger partial charge in [-0.3, -0.25) is 9.78 Å². The summed E-state index contributed by atoms with van der Waals surface area (Å²) in [4.78, 5) is 10.9. The maximum atomic E-state index is 12.4. The lowest BCUT2D eigenvalue weighted by Gasteiger charge is -2.00. The highest BCUT2D eigenvalue weighted by molar-refractivity contribution is 5.94. The highest BCUT2D eigenvalue weighted by atomic mass is 19.4. The van der Waals surface area contributed by atoms with Crippen LogP contribution >= 0.6 is 0 Å². The lowest BCUT2D eigenvalue weighted by molar-refractivity contribution is -0.141. The van der Waals surface area contributed by atoms with Crippen LogP contribution in [0, 0.1) is 0 Å². The van der Waals surface area contributed by atoms with Crippen molar-refractivity contribution in [3.8, 4) is 11.4 Å². The normalized spacial score (nSPS) is 11.8. The minimum absolute atomic E-state index is 0.00856. The van der Waals surface area contributed by atoms with E-state index in [-0.39, 0.29) is 17.0 Å². The number of aromatic amines is 1. The summed E-state index contributed by atoms with van der Waals surface area (Å²) < 4.78 is 38.3. The van der Waals surface area contributed by atoms with Gasteiger partial charge in [-0.15, -0.1) is 0 Å². The maximum Gasteiger partial charge on any atom is 0.432 e. The van der Waals surface area contributed by atoms with Crippen LogP contribution < -0.4 is 0 Å². The number of carboxylic acids is 1. The molecule has 0 bridgehead atoms. The number of H-pyrrole nitrogens is 1. The number of alkyl halides is 3. The molecule has 0 fully saturated rings. The van der Waals surface area contributed by atoms with Gasteiger partial charge in [0, 0.05) is 7.05 Å². The minimum atomic E-state index is -4.56. The molecule has 2 heterocycles. The monoisotopic (exact) mass is 260 g/mol. The third kappa shape index (κ3) is 1.94. The highest BCUT2D eigenvalue weighted by Crippen LogP contribution is 2.31. The van der Waals surface area contributed by atoms with E-state index in [1.54, 1.807) is 0 Å². The summed E-state index contributed by atoms with van der Waals surface area (Å²) in [6, 6.07) is 0.740. The second kappa shape index (κ2) is 3.86. The van der Waals surface area contributed by atoms with E-state index in [0.717, 1.165) is 16.9 Å². The Morgan fingerprint density at radius 1 is 1.50 bits per heavy atom. The lowest BCUT2D eigenvalue weighted by atomic mass is 10.2. The molecule has 18 heavy (non-hydrogen) atoms. The van der Waals surface area contributed by atoms with Crippen molar-refractivity contribution in [1.82, 2.24) is 20.0 Å². The van der Waals surface area contributed by atoms with E-state index in [9.17, 15) is 18.0 Å². The summed E-state index contributed by atoms with van der Waals surface area (Å²) >= 11 is 0. The Morgan fingerprint density at radius 3 is 2.67 bits per heavy atom. The molecule has 0 atom stereocenters. The molecule has 9 heteroatoms. The standard InChI is InChI=1S/C9H7F3N4O2/c1-16-7(4(3-13-16)8(17)18)5-2-6(15-14-5)9(10,11)12/h2-3H,1H3,(H,14,15)(H,17,18). The Kier molecular flexibility index (Phi) is 2.60. The number of carbonyl (C=O) groups is 1. The fraction of sp³-hybridized carbons (Fsp3) is 0.222. The molecule has 0 unspecified atom stereocenters. The topological polar surface area (TPSA) is 83.8 Å². The Morgan fingerprint density at radius 2 is 2.17 bits per heavy atom. The third-order valence-electron chi connectivity index (χ3n) is 2.30. The van der Waals surface area contributed by atoms with E-state index < -0.39 is 17.8 Å². The van der Waals surface area contributed by atoms with Crippen LogP contribution in [0.25, 0.3) is 11.4 Å². The van der Waals surface area contributed by atoms with Crippen molar-refractivity contribution < 1.29 is 23.1 Å². The highest BCUT2D eigenvalue weighted by Gasteiger charge is 2.34. The number of nitrogens with zero attached hydrogens (tertiary/aromatic N) is 3. The van der Waals surface area contributed by atoms with Gasteiger partial charge in [-0.05, 0) is 6.07 Å². The first kappa shape index (κ1) is 12.1. The molecule has 2 aromatic heterocycles. The van der Waals surface area contributed by atoms with Gasteiger partial charge in [-0.25, -0.2) is 4.79 Å². The molecular weight excluding hydrogens is 253 g/mol. The number of rotatable bonds is 2. The Bertz CT molecular complexity index is 599. The van der Waals surface area contributed by atoms with E-state index in [4.69, 9.17) is 5.11 Å². The number of aromatic nitrogens is 4. The summed E-state index contributed by atoms with van der Waals surface area (Å²) in [5.41, 5.74) is -1.37. The molecule has 0 saturated heterocycles. The van der Waals surface area contributed by atoms with Crippen LogP contribution in [0.2, 0.25) is 0 Å². The van der Waals surface area contributed by atoms with Crippen LogP contribution in [0.15, 0.2) is 12.3 Å². The average Bonchev–Trinajstić information content (AvgIpc) is 2.81. The second-order valence-corrected chi connectivity index (χ2v) is 3.50. The summed E-state index contributed by atoms with van der Waals surface area (Å²) in [7, 11) is 1.42. The quantitative estimate of drug-likeness (QED) is 0.857. The van der Waals surface area contributed by atoms with Crippen molar-refractivity contribution in [3.63, 3.8) is 0 Å². The van der Waals surface area contributed by atoms with Crippen molar-refractivity contribution in [1.29, 1.82) is 0 Å². The number of nitrogens with one attached hydrogen (secondary N) is 1. The summed E-state index contributed by atoms with van der Waals surface area (Å²) in [6.07, 6.45) is -3.51. The Hall–Kier alpha value is -2.32. The van der Waals surface area contributed by atoms with E-state index >= 15 is 0 Å². The number of halogens is 3. The zero-order valence-electron chi connectivity index (χ0n) is 8.99. The van der Waals surface area contributed by atoms with Gasteiger partial charge in [0.15, 0.2) is 0 Å². The molecule has 0 saturated carbocycles. The van der Waals surface area contributed by atoms with Gasteiger partial charge < -0.3 is 5.11 Å². The van der Waals surface area contributed by atoms with E-state index in [0.29, 0.717) is 0 Å². The van der Waals surface area contributed by atoms with E-state index in [1.165, 1.54) is 7.05 Å². The lowest BCUT2D eigenvalue weighted by Crippen LogP contribution is -2.04. The van der Waals surface area contributed by atoms with Gasteiger partial charge >= 0.3 is 12.1 Å². The van der Waals surface area contributed by atoms with Crippen molar-refractivity contribution in [2.24, 2.45) is 7.05 Å². The summed E-state index contributed by atoms with van der Waals surface area (Å²) in [5.74, 6) is -1.28. The smallest absolute Gasteiger partial charge is 0.432 e. The maximum absolute atomic E-state index is 12.4. The predicted molar refractivity (Wildman–Crippen MR) is 52.8 cm³/mol. The number of hydrogen-bond acceptors (Lipinski definition) is 3. The van der Waals surface area contributed by atoms with Crippen molar-refractivity contribution in [2.45, 2.75) is 6.18 Å². The zero-order valence-corrected chi connectivity index (χ0v) is 8.99. The van der Waals surface area contributed by atoms with Crippen LogP contribution in [-0.2, 0) is 13.2 Å². The second-order valence-electron chi connectivity index (χ2n) is 3.50. The number of aryl methyl sites for hydroxylation is 1. The molecule has 0 aliphatic rings. The predicted octanol–water partition coefficient (Wildman–Crippen LogP) is 1.53. The molecular formula is C9H7F3N4O2. The molecule has 0 aromatic carbocycles. The fourth-order valence-electron chi connectivity index (χ4n) is 1.49. The van der Waals surface area contributed by atoms with Gasteiger partial charge in [0.2, 0.25) is 0 Å². The van der Waals surface area contributed by atoms with E-state index in [1.807, 2.05) is 5.10 Å². The molecule has 2 N–H and O–H groups in total. The number of hydrogen-bond donors (Lipinski definition) is 2. The van der Waals surface area contributed by atoms with Gasteiger partial charge in [0.05, 0.1) is 6.20 Å². The van der Waals surface area contributed by atoms with Gasteiger partial charge in [-0.2, -0.15) is 23.4 Å². The van der Waals surface area contributed by atoms with Crippen molar-refractivity contribution >= 4 is 5.97 Å². The average molecular weight is 260 g/mol. The number of aromatic carboxylic acids is 1. The van der Waals surface area contributed by atoms with Crippen LogP contribution in [0.4, 0.5) is 13.2 Å².